The summed E-state index contributed by atoms with van der Waals surface area (Å²) in [7, 11) is 2.28. The van der Waals surface area contributed by atoms with Crippen LogP contribution in [0.25, 0.3) is 0 Å². The highest BCUT2D eigenvalue weighted by Gasteiger charge is 2.16. The van der Waals surface area contributed by atoms with Gasteiger partial charge in [0.05, 0.1) is 30.9 Å². The van der Waals surface area contributed by atoms with Crippen molar-refractivity contribution < 1.29 is 42.2 Å². The van der Waals surface area contributed by atoms with E-state index in [0.717, 1.165) is 26.4 Å². The van der Waals surface area contributed by atoms with Gasteiger partial charge in [-0.1, -0.05) is 0 Å². The molecular weight excluding hydrogens is 392 g/mol. The second kappa shape index (κ2) is 9.40. The first kappa shape index (κ1) is 21.5. The number of ether oxygens (including phenoxy) is 3. The quantitative estimate of drug-likeness (QED) is 0.578. The molecule has 2 rings (SSSR count). The molecule has 0 unspecified atom stereocenters. The average molecular weight is 407 g/mol. The van der Waals surface area contributed by atoms with Gasteiger partial charge in [0, 0.05) is 11.8 Å². The second-order valence-corrected chi connectivity index (χ2v) is 5.56. The largest absolute Gasteiger partial charge is 0.465 e. The Labute approximate surface area is 163 Å². The number of carbonyl (C=O) groups excluding carboxylic acids is 4. The molecule has 0 fully saturated rings. The zero-order chi connectivity index (χ0) is 21.6. The summed E-state index contributed by atoms with van der Waals surface area (Å²) in [5.41, 5.74) is -0.432. The maximum atomic E-state index is 13.1. The van der Waals surface area contributed by atoms with Crippen molar-refractivity contribution in [3.63, 3.8) is 0 Å². The molecule has 0 saturated heterocycles. The van der Waals surface area contributed by atoms with E-state index in [1.165, 1.54) is 18.2 Å². The van der Waals surface area contributed by atoms with Gasteiger partial charge >= 0.3 is 17.9 Å². The number of methoxy groups -OCH3 is 2. The molecule has 1 amide bonds. The van der Waals surface area contributed by atoms with Crippen molar-refractivity contribution >= 4 is 29.5 Å². The van der Waals surface area contributed by atoms with Gasteiger partial charge in [0.25, 0.3) is 5.91 Å². The summed E-state index contributed by atoms with van der Waals surface area (Å²) in [6, 6.07) is 5.78. The fraction of sp³-hybridized carbons (Fsp3) is 0.158. The molecule has 0 aromatic heterocycles. The molecule has 0 aliphatic heterocycles. The Bertz CT molecular complexity index is 921. The van der Waals surface area contributed by atoms with Crippen molar-refractivity contribution in [3.05, 3.63) is 64.7 Å². The van der Waals surface area contributed by atoms with E-state index in [2.05, 4.69) is 14.8 Å². The van der Waals surface area contributed by atoms with Crippen molar-refractivity contribution in [2.24, 2.45) is 0 Å². The van der Waals surface area contributed by atoms with Gasteiger partial charge in [-0.2, -0.15) is 0 Å². The van der Waals surface area contributed by atoms with Gasteiger partial charge in [0.2, 0.25) is 0 Å². The standard InChI is InChI=1S/C19H15F2NO7/c1-27-17(24)10-3-11(18(25)28-2)7-15(6-10)22-16(23)9-29-19(26)12-4-13(20)8-14(21)5-12/h3-8H,9H2,1-2H3,(H,22,23). The van der Waals surface area contributed by atoms with Gasteiger partial charge in [-0.05, 0) is 30.3 Å². The molecule has 0 atom stereocenters. The van der Waals surface area contributed by atoms with Gasteiger partial charge in [-0.15, -0.1) is 0 Å². The smallest absolute Gasteiger partial charge is 0.338 e. The number of halogens is 2. The molecule has 0 bridgehead atoms. The molecule has 0 saturated carbocycles. The van der Waals surface area contributed by atoms with Gasteiger partial charge in [-0.3, -0.25) is 4.79 Å². The number of hydrogen-bond acceptors (Lipinski definition) is 7. The highest BCUT2D eigenvalue weighted by atomic mass is 19.1. The van der Waals surface area contributed by atoms with E-state index in [0.29, 0.717) is 6.07 Å². The Hall–Kier alpha value is -3.82. The molecule has 0 heterocycles. The third kappa shape index (κ3) is 5.83. The Morgan fingerprint density at radius 2 is 1.24 bits per heavy atom. The first-order valence-corrected chi connectivity index (χ1v) is 7.98. The fourth-order valence-corrected chi connectivity index (χ4v) is 2.25. The summed E-state index contributed by atoms with van der Waals surface area (Å²) >= 11 is 0. The van der Waals surface area contributed by atoms with E-state index in [4.69, 9.17) is 4.74 Å². The number of esters is 3. The van der Waals surface area contributed by atoms with Gasteiger partial charge in [0.1, 0.15) is 11.6 Å². The zero-order valence-electron chi connectivity index (χ0n) is 15.3. The van der Waals surface area contributed by atoms with Crippen molar-refractivity contribution in [2.75, 3.05) is 26.1 Å². The van der Waals surface area contributed by atoms with Crippen LogP contribution in [0, 0.1) is 11.6 Å². The number of rotatable bonds is 6. The number of amides is 1. The number of benzene rings is 2. The molecule has 1 N–H and O–H groups in total. The van der Waals surface area contributed by atoms with Crippen LogP contribution in [0.15, 0.2) is 36.4 Å². The van der Waals surface area contributed by atoms with Crippen LogP contribution in [0.5, 0.6) is 0 Å². The van der Waals surface area contributed by atoms with E-state index in [9.17, 15) is 28.0 Å². The first-order chi connectivity index (χ1) is 13.7. The van der Waals surface area contributed by atoms with Crippen LogP contribution in [0.1, 0.15) is 31.1 Å². The Morgan fingerprint density at radius 1 is 0.759 bits per heavy atom. The molecule has 0 aliphatic carbocycles. The fourth-order valence-electron chi connectivity index (χ4n) is 2.25. The van der Waals surface area contributed by atoms with E-state index in [1.54, 1.807) is 0 Å². The third-order valence-corrected chi connectivity index (χ3v) is 3.49. The molecule has 0 aliphatic rings. The van der Waals surface area contributed by atoms with E-state index >= 15 is 0 Å². The minimum Gasteiger partial charge on any atom is -0.465 e. The minimum absolute atomic E-state index is 0.0297. The van der Waals surface area contributed by atoms with Gasteiger partial charge in [-0.25, -0.2) is 23.2 Å². The maximum absolute atomic E-state index is 13.1. The molecular formula is C19H15F2NO7. The molecule has 8 nitrogen and oxygen atoms in total. The monoisotopic (exact) mass is 407 g/mol. The Morgan fingerprint density at radius 3 is 1.72 bits per heavy atom. The van der Waals surface area contributed by atoms with Crippen LogP contribution in [0.2, 0.25) is 0 Å². The molecule has 10 heteroatoms. The lowest BCUT2D eigenvalue weighted by atomic mass is 10.1. The second-order valence-electron chi connectivity index (χ2n) is 5.56. The molecule has 2 aromatic carbocycles. The van der Waals surface area contributed by atoms with Crippen molar-refractivity contribution in [3.8, 4) is 0 Å². The van der Waals surface area contributed by atoms with E-state index in [1.807, 2.05) is 0 Å². The van der Waals surface area contributed by atoms with Crippen LogP contribution in [0.4, 0.5) is 14.5 Å². The lowest BCUT2D eigenvalue weighted by Crippen LogP contribution is -2.21. The number of hydrogen-bond donors (Lipinski definition) is 1. The number of nitrogens with one attached hydrogen (secondary N) is 1. The minimum atomic E-state index is -1.11. The summed E-state index contributed by atoms with van der Waals surface area (Å²) in [6.07, 6.45) is 0. The summed E-state index contributed by atoms with van der Waals surface area (Å²) in [5, 5.41) is 2.33. The SMILES string of the molecule is COC(=O)c1cc(NC(=O)COC(=O)c2cc(F)cc(F)c2)cc(C(=O)OC)c1. The van der Waals surface area contributed by atoms with Crippen molar-refractivity contribution in [2.45, 2.75) is 0 Å². The van der Waals surface area contributed by atoms with Gasteiger partial charge < -0.3 is 19.5 Å². The number of carbonyl (C=O) groups is 4. The van der Waals surface area contributed by atoms with Crippen molar-refractivity contribution in [1.82, 2.24) is 0 Å². The van der Waals surface area contributed by atoms with Crippen LogP contribution in [-0.4, -0.2) is 44.6 Å². The molecule has 0 spiro atoms. The third-order valence-electron chi connectivity index (χ3n) is 3.49. The first-order valence-electron chi connectivity index (χ1n) is 7.98. The van der Waals surface area contributed by atoms with Crippen LogP contribution < -0.4 is 5.32 Å². The van der Waals surface area contributed by atoms with Crippen molar-refractivity contribution in [1.29, 1.82) is 0 Å². The molecule has 29 heavy (non-hydrogen) atoms. The lowest BCUT2D eigenvalue weighted by molar-refractivity contribution is -0.119. The zero-order valence-corrected chi connectivity index (χ0v) is 15.3. The molecule has 2 aromatic rings. The highest BCUT2D eigenvalue weighted by Crippen LogP contribution is 2.17. The van der Waals surface area contributed by atoms with Crippen LogP contribution in [-0.2, 0) is 19.0 Å². The summed E-state index contributed by atoms with van der Waals surface area (Å²) in [5.74, 6) is -5.41. The molecule has 0 radical (unpaired) electrons. The van der Waals surface area contributed by atoms with Crippen LogP contribution in [0.3, 0.4) is 0 Å². The lowest BCUT2D eigenvalue weighted by Gasteiger charge is -2.10. The predicted molar refractivity (Wildman–Crippen MR) is 94.4 cm³/mol. The van der Waals surface area contributed by atoms with Gasteiger partial charge in [0.15, 0.2) is 6.61 Å². The van der Waals surface area contributed by atoms with Crippen LogP contribution >= 0.6 is 0 Å². The van der Waals surface area contributed by atoms with E-state index in [-0.39, 0.29) is 16.8 Å². The summed E-state index contributed by atoms with van der Waals surface area (Å²) in [4.78, 5) is 47.3. The summed E-state index contributed by atoms with van der Waals surface area (Å²) < 4.78 is 40.1. The maximum Gasteiger partial charge on any atom is 0.338 e. The topological polar surface area (TPSA) is 108 Å². The number of anilines is 1. The molecule has 152 valence electrons. The summed E-state index contributed by atoms with van der Waals surface area (Å²) in [6.45, 7) is -0.785. The predicted octanol–water partition coefficient (Wildman–Crippen LogP) is 2.33. The Kier molecular flexibility index (Phi) is 6.96. The van der Waals surface area contributed by atoms with E-state index < -0.39 is 47.6 Å². The Balaban J connectivity index is 2.10. The highest BCUT2D eigenvalue weighted by molar-refractivity contribution is 6.00. The normalized spacial score (nSPS) is 10.1. The average Bonchev–Trinajstić information content (AvgIpc) is 2.69.